The maximum Gasteiger partial charge on any atom is 0.389 e. The second-order valence-electron chi connectivity index (χ2n) is 16.7. The van der Waals surface area contributed by atoms with Crippen molar-refractivity contribution in [3.05, 3.63) is 98.5 Å². The molecular weight excluding hydrogens is 1360 g/mol. The second kappa shape index (κ2) is 31.9. The molecule has 4 aromatic heterocycles. The number of amides is 4. The van der Waals surface area contributed by atoms with Crippen LogP contribution < -0.4 is 50.0 Å². The summed E-state index contributed by atoms with van der Waals surface area (Å²) >= 11 is 11.8. The van der Waals surface area contributed by atoms with Gasteiger partial charge in [0, 0.05) is 12.6 Å². The van der Waals surface area contributed by atoms with Gasteiger partial charge < -0.3 is 29.1 Å². The number of hydrogen-bond acceptors (Lipinski definition) is 24. The molecule has 0 radical (unpaired) electrons. The third-order valence-electron chi connectivity index (χ3n) is 9.89. The first kappa shape index (κ1) is 75.2. The number of urea groups is 2. The third kappa shape index (κ3) is 24.5. The lowest BCUT2D eigenvalue weighted by Gasteiger charge is -2.13. The van der Waals surface area contributed by atoms with Crippen LogP contribution in [0.15, 0.2) is 80.4 Å². The van der Waals surface area contributed by atoms with Gasteiger partial charge in [0.15, 0.2) is 14.9 Å². The summed E-state index contributed by atoms with van der Waals surface area (Å²) in [6.45, 7) is 0.568. The average molecular weight is 1410 g/mol. The van der Waals surface area contributed by atoms with E-state index in [1.807, 2.05) is 0 Å². The molecule has 490 valence electrons. The van der Waals surface area contributed by atoms with E-state index in [0.717, 1.165) is 30.7 Å². The molecule has 4 amide bonds. The van der Waals surface area contributed by atoms with E-state index < -0.39 is 124 Å². The number of ether oxygens (including phenoxy) is 3. The normalized spacial score (nSPS) is 11.7. The van der Waals surface area contributed by atoms with Gasteiger partial charge in [-0.3, -0.25) is 30.0 Å². The number of nitrogens with zero attached hydrogens (tertiary/aromatic N) is 9. The molecule has 2 aromatic carbocycles. The summed E-state index contributed by atoms with van der Waals surface area (Å²) in [7, 11) is -16.7. The molecule has 0 atom stereocenters. The number of benzene rings is 2. The fraction of sp³-hybridized carbons (Fsp3) is 0.326. The Labute approximate surface area is 511 Å². The zero-order valence-corrected chi connectivity index (χ0v) is 52.2. The summed E-state index contributed by atoms with van der Waals surface area (Å²) in [6.07, 6.45) is -4.80. The average Bonchev–Trinajstić information content (AvgIpc) is 1.84. The maximum atomic E-state index is 12.8. The van der Waals surface area contributed by atoms with Crippen molar-refractivity contribution in [2.45, 2.75) is 61.2 Å². The van der Waals surface area contributed by atoms with Gasteiger partial charge in [0.2, 0.25) is 33.7 Å². The first-order valence-electron chi connectivity index (χ1n) is 23.7. The van der Waals surface area contributed by atoms with E-state index in [4.69, 9.17) is 52.3 Å². The van der Waals surface area contributed by atoms with E-state index in [9.17, 15) is 79.4 Å². The number of methoxy groups -OCH3 is 3. The number of carboxylic acids is 1. The number of sulfonamides is 3. The molecule has 0 aliphatic rings. The van der Waals surface area contributed by atoms with E-state index in [0.29, 0.717) is 4.68 Å². The Hall–Kier alpha value is -8.03. The molecule has 46 heteroatoms. The Balaban J connectivity index is 0.000000325. The highest BCUT2D eigenvalue weighted by Crippen LogP contribution is 2.33. The van der Waals surface area contributed by atoms with Gasteiger partial charge in [0.25, 0.3) is 20.0 Å². The zero-order valence-electron chi connectivity index (χ0n) is 46.5. The number of carbonyl (C=O) groups is 3. The lowest BCUT2D eigenvalue weighted by atomic mass is 10.1. The van der Waals surface area contributed by atoms with Crippen molar-refractivity contribution in [3.8, 4) is 23.5 Å². The van der Waals surface area contributed by atoms with Gasteiger partial charge in [-0.25, -0.2) is 58.6 Å². The summed E-state index contributed by atoms with van der Waals surface area (Å²) in [5.41, 5.74) is -1.34. The van der Waals surface area contributed by atoms with Gasteiger partial charge in [-0.05, 0) is 56.2 Å². The van der Waals surface area contributed by atoms with Crippen molar-refractivity contribution in [2.24, 2.45) is 0 Å². The third-order valence-corrected chi connectivity index (χ3v) is 16.3. The van der Waals surface area contributed by atoms with E-state index in [2.05, 4.69) is 55.7 Å². The van der Waals surface area contributed by atoms with Crippen molar-refractivity contribution in [3.63, 3.8) is 0 Å². The number of aryl methyl sites for hydroxylation is 3. The summed E-state index contributed by atoms with van der Waals surface area (Å²) < 4.78 is 191. The highest BCUT2D eigenvalue weighted by atomic mass is 35.5. The number of pyridine rings is 1. The molecule has 0 spiro atoms. The van der Waals surface area contributed by atoms with Gasteiger partial charge in [-0.15, -0.1) is 5.10 Å². The molecule has 0 aliphatic heterocycles. The molecule has 89 heavy (non-hydrogen) atoms. The monoisotopic (exact) mass is 1410 g/mol. The van der Waals surface area contributed by atoms with E-state index >= 15 is 0 Å². The summed E-state index contributed by atoms with van der Waals surface area (Å²) in [4.78, 5) is 83.9. The quantitative estimate of drug-likeness (QED) is 0.0367. The van der Waals surface area contributed by atoms with Gasteiger partial charge in [-0.1, -0.05) is 48.3 Å². The Morgan fingerprint density at radius 3 is 1.84 bits per heavy atom. The van der Waals surface area contributed by atoms with Crippen molar-refractivity contribution in [1.82, 2.24) is 59.0 Å². The van der Waals surface area contributed by atoms with Crippen LogP contribution in [0.3, 0.4) is 0 Å². The lowest BCUT2D eigenvalue weighted by Crippen LogP contribution is -2.36. The van der Waals surface area contributed by atoms with E-state index in [1.54, 1.807) is 9.44 Å². The molecule has 34 nitrogen and oxygen atoms in total. The van der Waals surface area contributed by atoms with Crippen LogP contribution >= 0.6 is 30.8 Å². The van der Waals surface area contributed by atoms with Crippen molar-refractivity contribution in [2.75, 3.05) is 61.5 Å². The Morgan fingerprint density at radius 1 is 0.775 bits per heavy atom. The highest BCUT2D eigenvalue weighted by Gasteiger charge is 2.31. The molecule has 0 fully saturated rings. The topological polar surface area (TPSA) is 483 Å². The maximum absolute atomic E-state index is 12.8. The molecule has 0 aliphatic carbocycles. The molecule has 9 N–H and O–H groups in total. The fourth-order valence-electron chi connectivity index (χ4n) is 6.24. The second-order valence-corrected chi connectivity index (χ2v) is 26.4. The van der Waals surface area contributed by atoms with Crippen LogP contribution in [-0.4, -0.2) is 163 Å². The molecule has 0 saturated carbocycles. The van der Waals surface area contributed by atoms with Crippen molar-refractivity contribution in [1.29, 1.82) is 0 Å². The number of nitrogens with one attached hydrogen (secondary N) is 6. The Morgan fingerprint density at radius 2 is 1.34 bits per heavy atom. The lowest BCUT2D eigenvalue weighted by molar-refractivity contribution is -0.136. The SMILES string of the molecule is CCS(=O)(=O)c1cccnc1S(=O)(=O)NC(=O)Nc1nc(OC)cc(OC)n1.COc1nc(C)nc(NC(=O)NS(=O)(=O)c2ccccc2CCC(F)(F)F)n1.Cc1nn(-c2cc(NS(C)(=O)=O)c(Cl)cc2Cl)c(=O)n1C(F)F.O=C(O)CNCP(=O)(O)O. The number of sulfone groups is 1. The van der Waals surface area contributed by atoms with Crippen LogP contribution in [0.1, 0.15) is 37.1 Å². The van der Waals surface area contributed by atoms with Crippen LogP contribution in [0.4, 0.5) is 49.1 Å². The predicted molar refractivity (Wildman–Crippen MR) is 303 cm³/mol. The number of aliphatic carboxylic acids is 1. The number of alkyl halides is 5. The summed E-state index contributed by atoms with van der Waals surface area (Å²) in [6, 6.07) is 8.60. The minimum absolute atomic E-state index is 0.0257. The van der Waals surface area contributed by atoms with Gasteiger partial charge in [0.1, 0.15) is 16.5 Å². The van der Waals surface area contributed by atoms with Gasteiger partial charge in [0.05, 0.1) is 78.6 Å². The Kier molecular flexibility index (Phi) is 27.0. The van der Waals surface area contributed by atoms with Crippen LogP contribution in [0, 0.1) is 13.8 Å². The number of rotatable bonds is 21. The molecular formula is C43H51Cl2F5N15O19PS4. The summed E-state index contributed by atoms with van der Waals surface area (Å²) in [5, 5.41) is 17.1. The minimum Gasteiger partial charge on any atom is -0.481 e. The smallest absolute Gasteiger partial charge is 0.389 e. The Bertz CT molecular complexity index is 4100. The molecule has 0 bridgehead atoms. The molecule has 6 rings (SSSR count). The standard InChI is InChI=1S/C15H16F3N5O4S.C14H17N5O7S2.C11H10Cl2F2N4O3S.C3H8NO5P/c1-9-19-12(22-14(20-9)27-2)21-13(24)23-28(25,26)11-6-4-3-5-10(11)7-8-15(16,17)18;1-4-27(21,22)9-6-5-7-15-12(9)28(23,24)19-14(20)18-13-16-10(25-2)8-11(17-13)26-3;1-5-16-19(11(20)18(5)10(14)15)9-4-8(17-23(2,21)22)6(12)3-7(9)13;5-3(6)1-4-2-10(7,8)9/h3-6H,7-8H2,1-2H3,(H2,19,20,21,22,23,24);5-8H,4H2,1-3H3,(H2,16,17,18,19,20);3-4,10,17H,1-2H3;4H,1-2H2,(H,5,6)(H2,7,8,9). The number of halogens is 7. The van der Waals surface area contributed by atoms with Crippen LogP contribution in [0.25, 0.3) is 5.69 Å². The van der Waals surface area contributed by atoms with Gasteiger partial charge in [-0.2, -0.15) is 60.0 Å². The zero-order chi connectivity index (χ0) is 67.6. The molecule has 0 unspecified atom stereocenters. The minimum atomic E-state index is -4.61. The predicted octanol–water partition coefficient (Wildman–Crippen LogP) is 3.60. The molecule has 0 saturated heterocycles. The number of carboxylic acid groups (broad SMARTS) is 1. The number of carbonyl (C=O) groups excluding carboxylic acids is 2. The van der Waals surface area contributed by atoms with E-state index in [1.165, 1.54) is 78.5 Å². The molecule has 6 aromatic rings. The fourth-order valence-corrected chi connectivity index (χ4v) is 11.5. The van der Waals surface area contributed by atoms with Gasteiger partial charge >= 0.3 is 50.1 Å². The van der Waals surface area contributed by atoms with Crippen LogP contribution in [0.5, 0.6) is 17.8 Å². The largest absolute Gasteiger partial charge is 0.481 e. The van der Waals surface area contributed by atoms with E-state index in [-0.39, 0.29) is 78.6 Å². The number of anilines is 3. The van der Waals surface area contributed by atoms with Crippen LogP contribution in [-0.2, 0) is 55.7 Å². The summed E-state index contributed by atoms with van der Waals surface area (Å²) in [5.74, 6) is -1.94. The first-order chi connectivity index (χ1) is 41.0. The number of hydrogen-bond donors (Lipinski definition) is 9. The highest BCUT2D eigenvalue weighted by molar-refractivity contribution is 7.94. The van der Waals surface area contributed by atoms with Crippen molar-refractivity contribution < 1.29 is 104 Å². The van der Waals surface area contributed by atoms with Crippen LogP contribution in [0.2, 0.25) is 10.0 Å². The number of aromatic nitrogens is 9. The molecule has 4 heterocycles. The van der Waals surface area contributed by atoms with Crippen molar-refractivity contribution >= 4 is 106 Å². The first-order valence-corrected chi connectivity index (χ1v) is 32.8.